The van der Waals surface area contributed by atoms with E-state index < -0.39 is 20.3 Å². The number of nitrogens with one attached hydrogen (secondary N) is 1. The number of aryl methyl sites for hydroxylation is 1. The molecule has 144 valence electrons. The molecule has 1 N–H and O–H groups in total. The SMILES string of the molecule is Cc1s[n+](NS(=O)(=O)c2ccccc2)cc1-c1ccccc1.[O-][Cl+3]([O-])([O-])[O-]. The van der Waals surface area contributed by atoms with Crippen LogP contribution in [-0.2, 0) is 10.0 Å². The second-order valence-corrected chi connectivity index (χ2v) is 8.77. The second kappa shape index (κ2) is 8.76. The molecule has 3 rings (SSSR count). The third-order valence-corrected chi connectivity index (χ3v) is 5.54. The van der Waals surface area contributed by atoms with Gasteiger partial charge < -0.3 is 0 Å². The molecule has 0 bridgehead atoms. The molecule has 0 aliphatic heterocycles. The first-order valence-electron chi connectivity index (χ1n) is 7.34. The van der Waals surface area contributed by atoms with E-state index in [9.17, 15) is 8.42 Å². The van der Waals surface area contributed by atoms with Crippen LogP contribution >= 0.6 is 11.5 Å². The number of benzene rings is 2. The Morgan fingerprint density at radius 3 is 1.93 bits per heavy atom. The monoisotopic (exact) mass is 430 g/mol. The summed E-state index contributed by atoms with van der Waals surface area (Å²) in [5.74, 6) is 0. The molecule has 2 aromatic carbocycles. The Morgan fingerprint density at radius 2 is 1.41 bits per heavy atom. The number of hydrogen-bond acceptors (Lipinski definition) is 7. The van der Waals surface area contributed by atoms with E-state index in [1.165, 1.54) is 15.6 Å². The minimum atomic E-state index is -4.94. The lowest BCUT2D eigenvalue weighted by Crippen LogP contribution is -2.68. The van der Waals surface area contributed by atoms with Crippen molar-refractivity contribution in [3.05, 3.63) is 71.7 Å². The smallest absolute Gasteiger partial charge is 0.222 e. The summed E-state index contributed by atoms with van der Waals surface area (Å²) in [5, 5.41) is 0. The Morgan fingerprint density at radius 1 is 0.926 bits per heavy atom. The van der Waals surface area contributed by atoms with Gasteiger partial charge in [0.2, 0.25) is 6.20 Å². The summed E-state index contributed by atoms with van der Waals surface area (Å²) in [6.45, 7) is 1.97. The molecule has 11 heteroatoms. The van der Waals surface area contributed by atoms with E-state index in [2.05, 4.69) is 4.83 Å². The molecule has 1 heterocycles. The maximum absolute atomic E-state index is 12.3. The molecule has 0 fully saturated rings. The zero-order chi connectivity index (χ0) is 20.1. The van der Waals surface area contributed by atoms with Gasteiger partial charge in [-0.05, 0) is 28.7 Å². The van der Waals surface area contributed by atoms with Crippen LogP contribution in [0.1, 0.15) is 4.88 Å². The maximum Gasteiger partial charge on any atom is 0.307 e. The lowest BCUT2D eigenvalue weighted by Gasteiger charge is -2.17. The van der Waals surface area contributed by atoms with Crippen molar-refractivity contribution in [3.8, 4) is 11.1 Å². The van der Waals surface area contributed by atoms with E-state index in [0.29, 0.717) is 0 Å². The number of nitrogens with zero attached hydrogens (tertiary/aromatic N) is 1. The van der Waals surface area contributed by atoms with E-state index >= 15 is 0 Å². The highest BCUT2D eigenvalue weighted by atomic mass is 35.7. The highest BCUT2D eigenvalue weighted by molar-refractivity contribution is 7.92. The molecule has 3 aromatic rings. The van der Waals surface area contributed by atoms with Crippen LogP contribution in [-0.4, -0.2) is 8.42 Å². The van der Waals surface area contributed by atoms with Crippen LogP contribution in [0.25, 0.3) is 11.1 Å². The maximum atomic E-state index is 12.3. The number of aromatic nitrogens is 1. The summed E-state index contributed by atoms with van der Waals surface area (Å²) in [7, 11) is -8.52. The van der Waals surface area contributed by atoms with Crippen LogP contribution < -0.4 is 27.5 Å². The first-order valence-corrected chi connectivity index (χ1v) is 10.8. The van der Waals surface area contributed by atoms with Crippen LogP contribution in [0.5, 0.6) is 0 Å². The lowest BCUT2D eigenvalue weighted by atomic mass is 10.1. The Bertz CT molecular complexity index is 967. The Kier molecular flexibility index (Phi) is 6.89. The summed E-state index contributed by atoms with van der Waals surface area (Å²) < 4.78 is 60.2. The largest absolute Gasteiger partial charge is 0.307 e. The minimum absolute atomic E-state index is 0.245. The molecule has 0 radical (unpaired) electrons. The number of hydrogen-bond donors (Lipinski definition) is 1. The molecule has 0 saturated heterocycles. The van der Waals surface area contributed by atoms with Gasteiger partial charge in [-0.15, -0.1) is 10.2 Å². The fourth-order valence-corrected chi connectivity index (χ4v) is 4.22. The first-order chi connectivity index (χ1) is 12.6. The third-order valence-electron chi connectivity index (χ3n) is 3.21. The number of rotatable bonds is 4. The molecule has 0 aliphatic rings. The van der Waals surface area contributed by atoms with Crippen molar-refractivity contribution in [3.63, 3.8) is 0 Å². The average Bonchev–Trinajstić information content (AvgIpc) is 2.94. The highest BCUT2D eigenvalue weighted by Gasteiger charge is 2.22. The van der Waals surface area contributed by atoms with Crippen molar-refractivity contribution in [2.45, 2.75) is 11.8 Å². The topological polar surface area (TPSA) is 142 Å². The van der Waals surface area contributed by atoms with E-state index in [1.807, 2.05) is 37.3 Å². The zero-order valence-electron chi connectivity index (χ0n) is 13.9. The van der Waals surface area contributed by atoms with Gasteiger partial charge in [-0.3, -0.25) is 0 Å². The van der Waals surface area contributed by atoms with Gasteiger partial charge in [-0.2, -0.15) is 8.42 Å². The van der Waals surface area contributed by atoms with Gasteiger partial charge in [0.1, 0.15) is 0 Å². The fourth-order valence-electron chi connectivity index (χ4n) is 2.14. The lowest BCUT2D eigenvalue weighted by molar-refractivity contribution is -2.00. The van der Waals surface area contributed by atoms with Gasteiger partial charge in [-0.25, -0.2) is 18.6 Å². The number of sulfonamides is 1. The molecule has 0 aliphatic carbocycles. The Balaban J connectivity index is 0.000000465. The predicted octanol–water partition coefficient (Wildman–Crippen LogP) is -1.81. The number of halogens is 1. The average molecular weight is 431 g/mol. The molecular weight excluding hydrogens is 416 g/mol. The molecule has 0 spiro atoms. The van der Waals surface area contributed by atoms with Crippen molar-refractivity contribution >= 4 is 21.6 Å². The van der Waals surface area contributed by atoms with E-state index in [4.69, 9.17) is 18.6 Å². The Labute approximate surface area is 162 Å². The molecular formula is C16H15ClN2O6S2. The highest BCUT2D eigenvalue weighted by Crippen LogP contribution is 2.24. The molecule has 0 atom stereocenters. The first kappa shape index (κ1) is 21.3. The van der Waals surface area contributed by atoms with Gasteiger partial charge in [0, 0.05) is 0 Å². The normalized spacial score (nSPS) is 11.4. The molecule has 1 aromatic heterocycles. The van der Waals surface area contributed by atoms with Gasteiger partial charge in [0.25, 0.3) is 0 Å². The molecule has 0 unspecified atom stereocenters. The van der Waals surface area contributed by atoms with Crippen LogP contribution in [0.15, 0.2) is 71.8 Å². The molecule has 8 nitrogen and oxygen atoms in total. The van der Waals surface area contributed by atoms with E-state index in [-0.39, 0.29) is 4.90 Å². The van der Waals surface area contributed by atoms with Crippen molar-refractivity contribution in [2.75, 3.05) is 4.83 Å². The molecule has 27 heavy (non-hydrogen) atoms. The Hall–Kier alpha value is -2.05. The summed E-state index contributed by atoms with van der Waals surface area (Å²) in [6, 6.07) is 18.2. The third kappa shape index (κ3) is 6.88. The van der Waals surface area contributed by atoms with Gasteiger partial charge in [0.15, 0.2) is 11.5 Å². The fraction of sp³-hybridized carbons (Fsp3) is 0.0625. The van der Waals surface area contributed by atoms with E-state index in [1.54, 1.807) is 36.5 Å². The van der Waals surface area contributed by atoms with E-state index in [0.717, 1.165) is 16.0 Å². The quantitative estimate of drug-likeness (QED) is 0.483. The van der Waals surface area contributed by atoms with Crippen molar-refractivity contribution in [2.24, 2.45) is 0 Å². The van der Waals surface area contributed by atoms with Crippen molar-refractivity contribution in [1.82, 2.24) is 0 Å². The molecule has 0 amide bonds. The van der Waals surface area contributed by atoms with Crippen LogP contribution in [0.3, 0.4) is 0 Å². The summed E-state index contributed by atoms with van der Waals surface area (Å²) in [6.07, 6.45) is 1.80. The minimum Gasteiger partial charge on any atom is -0.222 e. The van der Waals surface area contributed by atoms with Crippen molar-refractivity contribution in [1.29, 1.82) is 0 Å². The predicted molar refractivity (Wildman–Crippen MR) is 87.7 cm³/mol. The molecule has 0 saturated carbocycles. The zero-order valence-corrected chi connectivity index (χ0v) is 16.3. The standard InChI is InChI=1S/C16H15N2O2S2.ClHO4/c1-13-16(14-8-4-2-5-9-14)12-18(21-13)17-22(19,20)15-10-6-3-7-11-15;2-1(3,4)5/h2-12,17H,1H3;(H,2,3,4,5)/q+1;/p-1. The second-order valence-electron chi connectivity index (χ2n) is 5.17. The van der Waals surface area contributed by atoms with Crippen molar-refractivity contribution < 1.29 is 41.4 Å². The van der Waals surface area contributed by atoms with Gasteiger partial charge in [0.05, 0.1) is 15.3 Å². The van der Waals surface area contributed by atoms with Gasteiger partial charge in [-0.1, -0.05) is 53.4 Å². The summed E-state index contributed by atoms with van der Waals surface area (Å²) >= 11 is 1.36. The summed E-state index contributed by atoms with van der Waals surface area (Å²) in [5.41, 5.74) is 2.08. The summed E-state index contributed by atoms with van der Waals surface area (Å²) in [4.78, 5) is 3.86. The van der Waals surface area contributed by atoms with Crippen LogP contribution in [0, 0.1) is 17.2 Å². The van der Waals surface area contributed by atoms with Crippen LogP contribution in [0.2, 0.25) is 0 Å². The van der Waals surface area contributed by atoms with Gasteiger partial charge >= 0.3 is 10.0 Å². The van der Waals surface area contributed by atoms with Crippen LogP contribution in [0.4, 0.5) is 0 Å².